The number of amides is 2. The Morgan fingerprint density at radius 3 is 2.71 bits per heavy atom. The minimum atomic E-state index is -0.491. The molecule has 0 saturated carbocycles. The summed E-state index contributed by atoms with van der Waals surface area (Å²) in [5.41, 5.74) is 1.22. The van der Waals surface area contributed by atoms with Crippen LogP contribution >= 0.6 is 0 Å². The first kappa shape index (κ1) is 15.3. The molecule has 2 rings (SSSR count). The van der Waals surface area contributed by atoms with E-state index in [0.29, 0.717) is 30.8 Å². The van der Waals surface area contributed by atoms with Crippen molar-refractivity contribution in [3.63, 3.8) is 0 Å². The van der Waals surface area contributed by atoms with Gasteiger partial charge in [0.15, 0.2) is 0 Å². The number of nitrogens with zero attached hydrogens (tertiary/aromatic N) is 2. The number of carbonyl (C=O) groups excluding carboxylic acids is 2. The first-order valence-corrected chi connectivity index (χ1v) is 6.94. The van der Waals surface area contributed by atoms with Gasteiger partial charge in [-0.05, 0) is 30.7 Å². The zero-order valence-corrected chi connectivity index (χ0v) is 12.6. The van der Waals surface area contributed by atoms with E-state index in [-0.39, 0.29) is 17.6 Å². The Bertz CT molecular complexity index is 557. The minimum Gasteiger partial charge on any atom is -0.508 e. The van der Waals surface area contributed by atoms with Gasteiger partial charge in [-0.25, -0.2) is 0 Å². The van der Waals surface area contributed by atoms with Gasteiger partial charge in [-0.1, -0.05) is 0 Å². The fourth-order valence-electron chi connectivity index (χ4n) is 2.51. The van der Waals surface area contributed by atoms with Crippen LogP contribution in [0.3, 0.4) is 0 Å². The van der Waals surface area contributed by atoms with Crippen molar-refractivity contribution in [1.82, 2.24) is 15.1 Å². The second kappa shape index (κ2) is 6.13. The summed E-state index contributed by atoms with van der Waals surface area (Å²) in [6, 6.07) is 4.16. The van der Waals surface area contributed by atoms with Crippen molar-refractivity contribution in [2.24, 2.45) is 0 Å². The first-order chi connectivity index (χ1) is 9.91. The van der Waals surface area contributed by atoms with Gasteiger partial charge in [0.05, 0.1) is 0 Å². The molecule has 1 unspecified atom stereocenters. The average molecular weight is 291 g/mol. The van der Waals surface area contributed by atoms with Crippen LogP contribution in [0.4, 0.5) is 0 Å². The highest BCUT2D eigenvalue weighted by Crippen LogP contribution is 2.19. The summed E-state index contributed by atoms with van der Waals surface area (Å²) in [6.07, 6.45) is 0. The van der Waals surface area contributed by atoms with Crippen LogP contribution in [0, 0.1) is 6.92 Å². The lowest BCUT2D eigenvalue weighted by molar-refractivity contribution is -0.134. The molecule has 0 bridgehead atoms. The summed E-state index contributed by atoms with van der Waals surface area (Å²) >= 11 is 0. The SMILES string of the molecule is Cc1cc(O)ccc1C(=O)N1CCNCC1C(=O)N(C)C. The molecule has 1 aliphatic rings. The molecule has 1 aliphatic heterocycles. The summed E-state index contributed by atoms with van der Waals surface area (Å²) in [4.78, 5) is 28.1. The zero-order chi connectivity index (χ0) is 15.6. The van der Waals surface area contributed by atoms with E-state index < -0.39 is 6.04 Å². The third-order valence-corrected chi connectivity index (χ3v) is 3.67. The molecule has 1 heterocycles. The number of hydrogen-bond acceptors (Lipinski definition) is 4. The smallest absolute Gasteiger partial charge is 0.254 e. The van der Waals surface area contributed by atoms with Gasteiger partial charge in [0, 0.05) is 39.3 Å². The van der Waals surface area contributed by atoms with E-state index in [9.17, 15) is 14.7 Å². The van der Waals surface area contributed by atoms with Crippen LogP contribution in [0.5, 0.6) is 5.75 Å². The molecule has 0 radical (unpaired) electrons. The molecule has 0 aliphatic carbocycles. The van der Waals surface area contributed by atoms with Gasteiger partial charge in [-0.3, -0.25) is 9.59 Å². The van der Waals surface area contributed by atoms with E-state index in [0.717, 1.165) is 0 Å². The van der Waals surface area contributed by atoms with E-state index in [1.807, 2.05) is 0 Å². The van der Waals surface area contributed by atoms with Crippen molar-refractivity contribution in [3.05, 3.63) is 29.3 Å². The van der Waals surface area contributed by atoms with Crippen LogP contribution < -0.4 is 5.32 Å². The standard InChI is InChI=1S/C15H21N3O3/c1-10-8-11(19)4-5-12(10)14(20)18-7-6-16-9-13(18)15(21)17(2)3/h4-5,8,13,16,19H,6-7,9H2,1-3H3. The number of rotatable bonds is 2. The van der Waals surface area contributed by atoms with Gasteiger partial charge in [0.1, 0.15) is 11.8 Å². The molecule has 6 nitrogen and oxygen atoms in total. The topological polar surface area (TPSA) is 72.9 Å². The maximum Gasteiger partial charge on any atom is 0.254 e. The third kappa shape index (κ3) is 3.16. The predicted molar refractivity (Wildman–Crippen MR) is 79.2 cm³/mol. The fraction of sp³-hybridized carbons (Fsp3) is 0.467. The second-order valence-electron chi connectivity index (χ2n) is 5.45. The van der Waals surface area contributed by atoms with Gasteiger partial charge >= 0.3 is 0 Å². The monoisotopic (exact) mass is 291 g/mol. The van der Waals surface area contributed by atoms with E-state index in [1.165, 1.54) is 11.0 Å². The van der Waals surface area contributed by atoms with Crippen molar-refractivity contribution >= 4 is 11.8 Å². The summed E-state index contributed by atoms with van der Waals surface area (Å²) < 4.78 is 0. The molecule has 1 saturated heterocycles. The molecule has 6 heteroatoms. The lowest BCUT2D eigenvalue weighted by atomic mass is 10.0. The number of likely N-dealkylation sites (N-methyl/N-ethyl adjacent to an activating group) is 1. The fourth-order valence-corrected chi connectivity index (χ4v) is 2.51. The Balaban J connectivity index is 2.28. The van der Waals surface area contributed by atoms with Gasteiger partial charge in [0.25, 0.3) is 5.91 Å². The van der Waals surface area contributed by atoms with Crippen LogP contribution in [0.15, 0.2) is 18.2 Å². The number of piperazine rings is 1. The Morgan fingerprint density at radius 2 is 2.10 bits per heavy atom. The van der Waals surface area contributed by atoms with Crippen molar-refractivity contribution in [2.45, 2.75) is 13.0 Å². The van der Waals surface area contributed by atoms with Gasteiger partial charge in [-0.2, -0.15) is 0 Å². The number of phenolic OH excluding ortho intramolecular Hbond substituents is 1. The molecular weight excluding hydrogens is 270 g/mol. The highest BCUT2D eigenvalue weighted by atomic mass is 16.3. The maximum absolute atomic E-state index is 12.7. The van der Waals surface area contributed by atoms with Crippen LogP contribution in [0.1, 0.15) is 15.9 Å². The van der Waals surface area contributed by atoms with E-state index in [4.69, 9.17) is 0 Å². The number of aryl methyl sites for hydroxylation is 1. The van der Waals surface area contributed by atoms with Gasteiger partial charge in [-0.15, -0.1) is 0 Å². The molecule has 0 aromatic heterocycles. The third-order valence-electron chi connectivity index (χ3n) is 3.67. The van der Waals surface area contributed by atoms with Gasteiger partial charge < -0.3 is 20.2 Å². The van der Waals surface area contributed by atoms with E-state index >= 15 is 0 Å². The Hall–Kier alpha value is -2.08. The van der Waals surface area contributed by atoms with E-state index in [2.05, 4.69) is 5.32 Å². The molecular formula is C15H21N3O3. The van der Waals surface area contributed by atoms with Crippen molar-refractivity contribution in [3.8, 4) is 5.75 Å². The number of carbonyl (C=O) groups is 2. The highest BCUT2D eigenvalue weighted by molar-refractivity contribution is 5.99. The number of nitrogens with one attached hydrogen (secondary N) is 1. The van der Waals surface area contributed by atoms with Crippen LogP contribution in [-0.2, 0) is 4.79 Å². The lowest BCUT2D eigenvalue weighted by Gasteiger charge is -2.36. The Kier molecular flexibility index (Phi) is 4.47. The number of hydrogen-bond donors (Lipinski definition) is 2. The molecule has 2 N–H and O–H groups in total. The van der Waals surface area contributed by atoms with Crippen molar-refractivity contribution in [1.29, 1.82) is 0 Å². The Morgan fingerprint density at radius 1 is 1.38 bits per heavy atom. The molecule has 2 amide bonds. The molecule has 1 fully saturated rings. The van der Waals surface area contributed by atoms with E-state index in [1.54, 1.807) is 38.1 Å². The largest absolute Gasteiger partial charge is 0.508 e. The summed E-state index contributed by atoms with van der Waals surface area (Å²) in [5, 5.41) is 12.6. The molecule has 1 aromatic carbocycles. The quantitative estimate of drug-likeness (QED) is 0.816. The molecule has 21 heavy (non-hydrogen) atoms. The second-order valence-corrected chi connectivity index (χ2v) is 5.45. The number of benzene rings is 1. The van der Waals surface area contributed by atoms with Gasteiger partial charge in [0.2, 0.25) is 5.91 Å². The average Bonchev–Trinajstić information content (AvgIpc) is 2.45. The molecule has 0 spiro atoms. The van der Waals surface area contributed by atoms with Crippen LogP contribution in [-0.4, -0.2) is 66.5 Å². The van der Waals surface area contributed by atoms with Crippen LogP contribution in [0.25, 0.3) is 0 Å². The molecule has 1 aromatic rings. The zero-order valence-electron chi connectivity index (χ0n) is 12.6. The Labute approximate surface area is 124 Å². The molecule has 114 valence electrons. The first-order valence-electron chi connectivity index (χ1n) is 6.94. The summed E-state index contributed by atoms with van der Waals surface area (Å²) in [6.45, 7) is 3.39. The predicted octanol–water partition coefficient (Wildman–Crippen LogP) is 0.203. The van der Waals surface area contributed by atoms with Crippen molar-refractivity contribution in [2.75, 3.05) is 33.7 Å². The lowest BCUT2D eigenvalue weighted by Crippen LogP contribution is -2.59. The van der Waals surface area contributed by atoms with Crippen molar-refractivity contribution < 1.29 is 14.7 Å². The van der Waals surface area contributed by atoms with Crippen LogP contribution in [0.2, 0.25) is 0 Å². The number of aromatic hydroxyl groups is 1. The normalized spacial score (nSPS) is 18.4. The minimum absolute atomic E-state index is 0.0908. The maximum atomic E-state index is 12.7. The summed E-state index contributed by atoms with van der Waals surface area (Å²) in [7, 11) is 3.37. The highest BCUT2D eigenvalue weighted by Gasteiger charge is 2.33. The molecule has 1 atom stereocenters. The number of phenols is 1. The summed E-state index contributed by atoms with van der Waals surface area (Å²) in [5.74, 6) is -0.133.